The zero-order valence-corrected chi connectivity index (χ0v) is 11.7. The summed E-state index contributed by atoms with van der Waals surface area (Å²) in [6.45, 7) is 1.79. The standard InChI is InChI=1S/C12H12BrNO5/c1-2-8(12(16)17)14-11(15)6-3-7(13)10-9(4-6)18-5-19-10/h3-4,8H,2,5H2,1H3,(H,14,15)(H,16,17). The SMILES string of the molecule is CCC(NC(=O)c1cc(Br)c2c(c1)OCO2)C(=O)O. The van der Waals surface area contributed by atoms with E-state index in [-0.39, 0.29) is 6.79 Å². The molecule has 0 fully saturated rings. The van der Waals surface area contributed by atoms with Gasteiger partial charge in [-0.15, -0.1) is 0 Å². The summed E-state index contributed by atoms with van der Waals surface area (Å²) >= 11 is 3.28. The van der Waals surface area contributed by atoms with Crippen LogP contribution in [0.4, 0.5) is 0 Å². The molecule has 1 aromatic carbocycles. The second-order valence-corrected chi connectivity index (χ2v) is 4.82. The molecule has 0 aliphatic carbocycles. The van der Waals surface area contributed by atoms with E-state index >= 15 is 0 Å². The quantitative estimate of drug-likeness (QED) is 0.879. The number of carboxylic acids is 1. The summed E-state index contributed by atoms with van der Waals surface area (Å²) < 4.78 is 11.0. The van der Waals surface area contributed by atoms with Crippen LogP contribution in [0.5, 0.6) is 11.5 Å². The van der Waals surface area contributed by atoms with E-state index in [0.29, 0.717) is 28.0 Å². The third-order valence-electron chi connectivity index (χ3n) is 2.70. The summed E-state index contributed by atoms with van der Waals surface area (Å²) in [6.07, 6.45) is 0.312. The van der Waals surface area contributed by atoms with Crippen molar-refractivity contribution in [3.8, 4) is 11.5 Å². The Hall–Kier alpha value is -1.76. The van der Waals surface area contributed by atoms with Crippen molar-refractivity contribution in [2.75, 3.05) is 6.79 Å². The van der Waals surface area contributed by atoms with Gasteiger partial charge in [-0.3, -0.25) is 4.79 Å². The molecule has 1 aliphatic rings. The maximum absolute atomic E-state index is 12.0. The number of amides is 1. The van der Waals surface area contributed by atoms with Gasteiger partial charge in [0.2, 0.25) is 6.79 Å². The Kier molecular flexibility index (Phi) is 3.94. The zero-order chi connectivity index (χ0) is 14.0. The fraction of sp³-hybridized carbons (Fsp3) is 0.333. The second kappa shape index (κ2) is 5.48. The second-order valence-electron chi connectivity index (χ2n) is 3.96. The number of fused-ring (bicyclic) bond motifs is 1. The van der Waals surface area contributed by atoms with Gasteiger partial charge in [0, 0.05) is 5.56 Å². The molecule has 102 valence electrons. The molecule has 7 heteroatoms. The fourth-order valence-corrected chi connectivity index (χ4v) is 2.23. The molecule has 6 nitrogen and oxygen atoms in total. The number of carbonyl (C=O) groups is 2. The van der Waals surface area contributed by atoms with E-state index in [9.17, 15) is 9.59 Å². The van der Waals surface area contributed by atoms with Crippen LogP contribution in [0.25, 0.3) is 0 Å². The molecule has 0 radical (unpaired) electrons. The maximum Gasteiger partial charge on any atom is 0.326 e. The highest BCUT2D eigenvalue weighted by Crippen LogP contribution is 2.39. The third kappa shape index (κ3) is 2.81. The van der Waals surface area contributed by atoms with Crippen LogP contribution in [0, 0.1) is 0 Å². The van der Waals surface area contributed by atoms with E-state index < -0.39 is 17.9 Å². The minimum absolute atomic E-state index is 0.103. The van der Waals surface area contributed by atoms with E-state index in [1.165, 1.54) is 6.07 Å². The number of benzene rings is 1. The first-order chi connectivity index (χ1) is 9.02. The summed E-state index contributed by atoms with van der Waals surface area (Å²) in [5, 5.41) is 11.4. The third-order valence-corrected chi connectivity index (χ3v) is 3.29. The summed E-state index contributed by atoms with van der Waals surface area (Å²) in [5.41, 5.74) is 0.316. The highest BCUT2D eigenvalue weighted by molar-refractivity contribution is 9.10. The Morgan fingerprint density at radius 2 is 2.21 bits per heavy atom. The summed E-state index contributed by atoms with van der Waals surface area (Å²) in [6, 6.07) is 2.19. The Morgan fingerprint density at radius 1 is 1.47 bits per heavy atom. The molecule has 0 bridgehead atoms. The summed E-state index contributed by atoms with van der Waals surface area (Å²) in [4.78, 5) is 22.9. The summed E-state index contributed by atoms with van der Waals surface area (Å²) in [5.74, 6) is -0.520. The summed E-state index contributed by atoms with van der Waals surface area (Å²) in [7, 11) is 0. The average molecular weight is 330 g/mol. The van der Waals surface area contributed by atoms with E-state index in [1.807, 2.05) is 0 Å². The first kappa shape index (κ1) is 13.7. The van der Waals surface area contributed by atoms with Gasteiger partial charge in [-0.05, 0) is 34.5 Å². The van der Waals surface area contributed by atoms with Gasteiger partial charge in [0.1, 0.15) is 6.04 Å². The van der Waals surface area contributed by atoms with Gasteiger partial charge in [-0.2, -0.15) is 0 Å². The molecule has 19 heavy (non-hydrogen) atoms. The van der Waals surface area contributed by atoms with Crippen molar-refractivity contribution in [3.63, 3.8) is 0 Å². The lowest BCUT2D eigenvalue weighted by Gasteiger charge is -2.12. The molecule has 1 aliphatic heterocycles. The van der Waals surface area contributed by atoms with Crippen molar-refractivity contribution < 1.29 is 24.2 Å². The van der Waals surface area contributed by atoms with Crippen LogP contribution >= 0.6 is 15.9 Å². The van der Waals surface area contributed by atoms with Crippen LogP contribution in [-0.2, 0) is 4.79 Å². The molecule has 1 amide bonds. The average Bonchev–Trinajstić information content (AvgIpc) is 2.83. The number of halogens is 1. The monoisotopic (exact) mass is 329 g/mol. The topological polar surface area (TPSA) is 84.9 Å². The number of nitrogens with one attached hydrogen (secondary N) is 1. The van der Waals surface area contributed by atoms with Crippen molar-refractivity contribution in [2.45, 2.75) is 19.4 Å². The van der Waals surface area contributed by atoms with E-state index in [2.05, 4.69) is 21.2 Å². The molecular weight excluding hydrogens is 318 g/mol. The highest BCUT2D eigenvalue weighted by Gasteiger charge is 2.23. The van der Waals surface area contributed by atoms with Gasteiger partial charge < -0.3 is 19.9 Å². The van der Waals surface area contributed by atoms with E-state index in [4.69, 9.17) is 14.6 Å². The molecule has 1 atom stereocenters. The predicted octanol–water partition coefficient (Wildman–Crippen LogP) is 1.77. The number of carbonyl (C=O) groups excluding carboxylic acids is 1. The predicted molar refractivity (Wildman–Crippen MR) is 69.4 cm³/mol. The van der Waals surface area contributed by atoms with Crippen molar-refractivity contribution in [3.05, 3.63) is 22.2 Å². The smallest absolute Gasteiger partial charge is 0.326 e. The molecule has 0 saturated heterocycles. The Morgan fingerprint density at radius 3 is 2.84 bits per heavy atom. The van der Waals surface area contributed by atoms with Crippen LogP contribution in [0.15, 0.2) is 16.6 Å². The van der Waals surface area contributed by atoms with Gasteiger partial charge in [-0.1, -0.05) is 6.92 Å². The lowest BCUT2D eigenvalue weighted by Crippen LogP contribution is -2.40. The molecule has 0 aromatic heterocycles. The molecule has 1 aromatic rings. The first-order valence-electron chi connectivity index (χ1n) is 5.65. The lowest BCUT2D eigenvalue weighted by molar-refractivity contribution is -0.139. The van der Waals surface area contributed by atoms with Crippen LogP contribution in [0.1, 0.15) is 23.7 Å². The maximum atomic E-state index is 12.0. The van der Waals surface area contributed by atoms with Crippen molar-refractivity contribution in [2.24, 2.45) is 0 Å². The van der Waals surface area contributed by atoms with Crippen LogP contribution in [0.2, 0.25) is 0 Å². The van der Waals surface area contributed by atoms with Crippen LogP contribution in [-0.4, -0.2) is 29.8 Å². The highest BCUT2D eigenvalue weighted by atomic mass is 79.9. The Labute approximate surface area is 117 Å². The number of hydrogen-bond acceptors (Lipinski definition) is 4. The molecule has 0 spiro atoms. The van der Waals surface area contributed by atoms with Crippen molar-refractivity contribution in [1.29, 1.82) is 0 Å². The zero-order valence-electron chi connectivity index (χ0n) is 10.1. The van der Waals surface area contributed by atoms with Crippen LogP contribution < -0.4 is 14.8 Å². The van der Waals surface area contributed by atoms with Crippen molar-refractivity contribution in [1.82, 2.24) is 5.32 Å². The molecule has 2 N–H and O–H groups in total. The van der Waals surface area contributed by atoms with Gasteiger partial charge >= 0.3 is 5.97 Å². The largest absolute Gasteiger partial charge is 0.480 e. The van der Waals surface area contributed by atoms with E-state index in [1.54, 1.807) is 13.0 Å². The fourth-order valence-electron chi connectivity index (χ4n) is 1.68. The Balaban J connectivity index is 2.20. The minimum atomic E-state index is -1.06. The number of carboxylic acid groups (broad SMARTS) is 1. The minimum Gasteiger partial charge on any atom is -0.480 e. The molecular formula is C12H12BrNO5. The number of aliphatic carboxylic acids is 1. The molecule has 2 rings (SSSR count). The molecule has 1 unspecified atom stereocenters. The molecule has 0 saturated carbocycles. The lowest BCUT2D eigenvalue weighted by atomic mass is 10.1. The van der Waals surface area contributed by atoms with Gasteiger partial charge in [0.15, 0.2) is 11.5 Å². The molecule has 1 heterocycles. The number of rotatable bonds is 4. The van der Waals surface area contributed by atoms with Crippen LogP contribution in [0.3, 0.4) is 0 Å². The van der Waals surface area contributed by atoms with Crippen molar-refractivity contribution >= 4 is 27.8 Å². The Bertz CT molecular complexity index is 531. The first-order valence-corrected chi connectivity index (χ1v) is 6.45. The van der Waals surface area contributed by atoms with E-state index in [0.717, 1.165) is 0 Å². The number of hydrogen-bond donors (Lipinski definition) is 2. The van der Waals surface area contributed by atoms with Gasteiger partial charge in [0.25, 0.3) is 5.91 Å². The number of ether oxygens (including phenoxy) is 2. The normalized spacial score (nSPS) is 14.0. The van der Waals surface area contributed by atoms with Gasteiger partial charge in [0.05, 0.1) is 4.47 Å². The van der Waals surface area contributed by atoms with Gasteiger partial charge in [-0.25, -0.2) is 4.79 Å².